The van der Waals surface area contributed by atoms with Crippen molar-refractivity contribution in [3.8, 4) is 0 Å². The number of alkyl carbamates (subject to hydrolysis) is 1. The Morgan fingerprint density at radius 2 is 1.52 bits per heavy atom. The Hall–Kier alpha value is -3.10. The van der Waals surface area contributed by atoms with Gasteiger partial charge in [-0.3, -0.25) is 0 Å². The molecule has 9 heteroatoms. The SMILES string of the molecule is CCCCNc1nc(NCc2ccc(CNC(=O)OCC)cc2)nc(N(CC)CC)n1. The highest BCUT2D eigenvalue weighted by atomic mass is 16.5. The molecule has 0 spiro atoms. The molecule has 9 nitrogen and oxygen atoms in total. The van der Waals surface area contributed by atoms with Crippen LogP contribution in [0.5, 0.6) is 0 Å². The molecule has 0 atom stereocenters. The minimum atomic E-state index is -0.407. The maximum absolute atomic E-state index is 11.4. The van der Waals surface area contributed by atoms with Gasteiger partial charge in [0.15, 0.2) is 0 Å². The molecule has 0 bridgehead atoms. The highest BCUT2D eigenvalue weighted by molar-refractivity contribution is 5.67. The van der Waals surface area contributed by atoms with Crippen molar-refractivity contribution in [2.45, 2.75) is 53.6 Å². The van der Waals surface area contributed by atoms with E-state index in [4.69, 9.17) is 4.74 Å². The van der Waals surface area contributed by atoms with Crippen LogP contribution in [-0.4, -0.2) is 47.3 Å². The topological polar surface area (TPSA) is 104 Å². The van der Waals surface area contributed by atoms with Gasteiger partial charge in [0.1, 0.15) is 0 Å². The summed E-state index contributed by atoms with van der Waals surface area (Å²) in [5, 5.41) is 9.31. The number of unbranched alkanes of at least 4 members (excludes halogenated alkanes) is 1. The number of nitrogens with one attached hydrogen (secondary N) is 3. The third-order valence-electron chi connectivity index (χ3n) is 4.67. The summed E-state index contributed by atoms with van der Waals surface area (Å²) < 4.78 is 4.87. The molecule has 0 aliphatic carbocycles. The van der Waals surface area contributed by atoms with E-state index in [0.29, 0.717) is 37.5 Å². The first kappa shape index (κ1) is 24.2. The number of amides is 1. The van der Waals surface area contributed by atoms with E-state index in [1.165, 1.54) is 0 Å². The van der Waals surface area contributed by atoms with Gasteiger partial charge in [0.05, 0.1) is 6.61 Å². The summed E-state index contributed by atoms with van der Waals surface area (Å²) >= 11 is 0. The van der Waals surface area contributed by atoms with Crippen LogP contribution in [0.15, 0.2) is 24.3 Å². The average molecular weight is 430 g/mol. The molecule has 0 saturated heterocycles. The van der Waals surface area contributed by atoms with Crippen LogP contribution in [0.3, 0.4) is 0 Å². The van der Waals surface area contributed by atoms with Crippen molar-refractivity contribution in [3.05, 3.63) is 35.4 Å². The van der Waals surface area contributed by atoms with Gasteiger partial charge in [-0.25, -0.2) is 4.79 Å². The number of ether oxygens (including phenoxy) is 1. The normalized spacial score (nSPS) is 10.5. The zero-order valence-electron chi connectivity index (χ0n) is 19.1. The molecule has 0 saturated carbocycles. The number of carbonyl (C=O) groups excluding carboxylic acids is 1. The molecule has 1 aromatic heterocycles. The molecule has 3 N–H and O–H groups in total. The third kappa shape index (κ3) is 8.27. The Morgan fingerprint density at radius 1 is 0.903 bits per heavy atom. The van der Waals surface area contributed by atoms with Crippen molar-refractivity contribution in [2.24, 2.45) is 0 Å². The lowest BCUT2D eigenvalue weighted by Crippen LogP contribution is -2.25. The summed E-state index contributed by atoms with van der Waals surface area (Å²) in [5.41, 5.74) is 2.09. The van der Waals surface area contributed by atoms with Crippen LogP contribution in [0.2, 0.25) is 0 Å². The van der Waals surface area contributed by atoms with Crippen LogP contribution in [0, 0.1) is 0 Å². The number of benzene rings is 1. The molecule has 1 amide bonds. The Labute approximate surface area is 185 Å². The van der Waals surface area contributed by atoms with E-state index in [2.05, 4.69) is 56.6 Å². The zero-order chi connectivity index (χ0) is 22.5. The van der Waals surface area contributed by atoms with Crippen LogP contribution in [0.25, 0.3) is 0 Å². The van der Waals surface area contributed by atoms with Crippen LogP contribution in [0.4, 0.5) is 22.6 Å². The first-order valence-electron chi connectivity index (χ1n) is 11.1. The molecule has 0 aliphatic rings. The van der Waals surface area contributed by atoms with E-state index >= 15 is 0 Å². The second kappa shape index (κ2) is 13.3. The Kier molecular flexibility index (Phi) is 10.3. The second-order valence-corrected chi connectivity index (χ2v) is 6.98. The summed E-state index contributed by atoms with van der Waals surface area (Å²) in [7, 11) is 0. The molecule has 1 aromatic carbocycles. The number of anilines is 3. The van der Waals surface area contributed by atoms with E-state index in [-0.39, 0.29) is 0 Å². The lowest BCUT2D eigenvalue weighted by molar-refractivity contribution is 0.151. The van der Waals surface area contributed by atoms with E-state index in [0.717, 1.165) is 43.6 Å². The zero-order valence-corrected chi connectivity index (χ0v) is 19.1. The molecule has 1 heterocycles. The first-order chi connectivity index (χ1) is 15.1. The highest BCUT2D eigenvalue weighted by Crippen LogP contribution is 2.15. The third-order valence-corrected chi connectivity index (χ3v) is 4.67. The van der Waals surface area contributed by atoms with Gasteiger partial charge in [0.2, 0.25) is 17.8 Å². The number of hydrogen-bond donors (Lipinski definition) is 3. The minimum Gasteiger partial charge on any atom is -0.450 e. The van der Waals surface area contributed by atoms with Gasteiger partial charge >= 0.3 is 6.09 Å². The van der Waals surface area contributed by atoms with Gasteiger partial charge in [-0.2, -0.15) is 15.0 Å². The van der Waals surface area contributed by atoms with Crippen LogP contribution < -0.4 is 20.9 Å². The summed E-state index contributed by atoms with van der Waals surface area (Å²) in [6.07, 6.45) is 1.76. The van der Waals surface area contributed by atoms with Crippen molar-refractivity contribution in [1.29, 1.82) is 0 Å². The van der Waals surface area contributed by atoms with Crippen LogP contribution >= 0.6 is 0 Å². The predicted octanol–water partition coefficient (Wildman–Crippen LogP) is 3.79. The standard InChI is InChI=1S/C22H35N7O2/c1-5-9-14-23-19-26-20(28-21(27-19)29(6-2)7-3)24-15-17-10-12-18(13-11-17)16-25-22(30)31-8-4/h10-13H,5-9,14-16H2,1-4H3,(H,25,30)(H2,23,24,26,27,28). The quantitative estimate of drug-likeness (QED) is 0.413. The van der Waals surface area contributed by atoms with Crippen molar-refractivity contribution in [1.82, 2.24) is 20.3 Å². The molecular weight excluding hydrogens is 394 g/mol. The number of aromatic nitrogens is 3. The van der Waals surface area contributed by atoms with Gasteiger partial charge < -0.3 is 25.6 Å². The van der Waals surface area contributed by atoms with E-state index in [1.54, 1.807) is 6.92 Å². The molecule has 0 fully saturated rings. The number of nitrogens with zero attached hydrogens (tertiary/aromatic N) is 4. The molecular formula is C22H35N7O2. The molecule has 31 heavy (non-hydrogen) atoms. The molecule has 2 rings (SSSR count). The lowest BCUT2D eigenvalue weighted by atomic mass is 10.1. The average Bonchev–Trinajstić information content (AvgIpc) is 2.78. The molecule has 0 aliphatic heterocycles. The summed E-state index contributed by atoms with van der Waals surface area (Å²) in [4.78, 5) is 27.2. The van der Waals surface area contributed by atoms with E-state index in [9.17, 15) is 4.79 Å². The Bertz CT molecular complexity index is 795. The molecule has 2 aromatic rings. The summed E-state index contributed by atoms with van der Waals surface area (Å²) in [6.45, 7) is 12.0. The second-order valence-electron chi connectivity index (χ2n) is 6.98. The van der Waals surface area contributed by atoms with Crippen molar-refractivity contribution in [2.75, 3.05) is 41.8 Å². The summed E-state index contributed by atoms with van der Waals surface area (Å²) in [5.74, 6) is 1.80. The monoisotopic (exact) mass is 429 g/mol. The molecule has 170 valence electrons. The fraction of sp³-hybridized carbons (Fsp3) is 0.545. The van der Waals surface area contributed by atoms with Gasteiger partial charge in [-0.1, -0.05) is 37.6 Å². The smallest absolute Gasteiger partial charge is 0.407 e. The lowest BCUT2D eigenvalue weighted by Gasteiger charge is -2.20. The predicted molar refractivity (Wildman–Crippen MR) is 124 cm³/mol. The van der Waals surface area contributed by atoms with E-state index < -0.39 is 6.09 Å². The number of carbonyl (C=O) groups is 1. The van der Waals surface area contributed by atoms with Crippen molar-refractivity contribution in [3.63, 3.8) is 0 Å². The van der Waals surface area contributed by atoms with Crippen molar-refractivity contribution >= 4 is 23.9 Å². The van der Waals surface area contributed by atoms with Crippen LogP contribution in [0.1, 0.15) is 51.7 Å². The number of rotatable bonds is 13. The van der Waals surface area contributed by atoms with Gasteiger partial charge in [-0.15, -0.1) is 0 Å². The van der Waals surface area contributed by atoms with Gasteiger partial charge in [0.25, 0.3) is 0 Å². The van der Waals surface area contributed by atoms with Crippen LogP contribution in [-0.2, 0) is 17.8 Å². The minimum absolute atomic E-state index is 0.360. The van der Waals surface area contributed by atoms with Crippen molar-refractivity contribution < 1.29 is 9.53 Å². The number of hydrogen-bond acceptors (Lipinski definition) is 8. The van der Waals surface area contributed by atoms with E-state index in [1.807, 2.05) is 24.3 Å². The first-order valence-corrected chi connectivity index (χ1v) is 11.1. The maximum atomic E-state index is 11.4. The Morgan fingerprint density at radius 3 is 2.10 bits per heavy atom. The molecule has 0 radical (unpaired) electrons. The fourth-order valence-corrected chi connectivity index (χ4v) is 2.86. The van der Waals surface area contributed by atoms with Gasteiger partial charge in [-0.05, 0) is 38.3 Å². The Balaban J connectivity index is 2.01. The fourth-order valence-electron chi connectivity index (χ4n) is 2.86. The largest absolute Gasteiger partial charge is 0.450 e. The van der Waals surface area contributed by atoms with Gasteiger partial charge in [0, 0.05) is 32.7 Å². The maximum Gasteiger partial charge on any atom is 0.407 e. The summed E-state index contributed by atoms with van der Waals surface area (Å²) in [6, 6.07) is 8.00. The highest BCUT2D eigenvalue weighted by Gasteiger charge is 2.11. The molecule has 0 unspecified atom stereocenters.